The first kappa shape index (κ1) is 13.7. The standard InChI is InChI=1S/C13H22N6/c1-10(2)14-5-12-6-18(9-16-12)7-13-15-8-17-19(13)11(3)4/h6,8-11,14H,5,7H2,1-4H3. The molecule has 0 aromatic carbocycles. The van der Waals surface area contributed by atoms with Crippen molar-refractivity contribution in [1.29, 1.82) is 0 Å². The third-order valence-corrected chi connectivity index (χ3v) is 2.84. The van der Waals surface area contributed by atoms with Crippen molar-refractivity contribution in [2.75, 3.05) is 0 Å². The minimum absolute atomic E-state index is 0.322. The van der Waals surface area contributed by atoms with Gasteiger partial charge in [-0.25, -0.2) is 14.6 Å². The quantitative estimate of drug-likeness (QED) is 0.859. The van der Waals surface area contributed by atoms with E-state index >= 15 is 0 Å². The summed E-state index contributed by atoms with van der Waals surface area (Å²) >= 11 is 0. The molecule has 19 heavy (non-hydrogen) atoms. The van der Waals surface area contributed by atoms with E-state index in [9.17, 15) is 0 Å². The molecule has 0 fully saturated rings. The Kier molecular flexibility index (Phi) is 4.31. The lowest BCUT2D eigenvalue weighted by atomic mass is 10.3. The zero-order valence-electron chi connectivity index (χ0n) is 12.0. The molecule has 0 unspecified atom stereocenters. The molecule has 2 aromatic heterocycles. The largest absolute Gasteiger partial charge is 0.330 e. The minimum atomic E-state index is 0.322. The fraction of sp³-hybridized carbons (Fsp3) is 0.615. The van der Waals surface area contributed by atoms with E-state index in [0.717, 1.165) is 18.1 Å². The molecule has 0 amide bonds. The first-order chi connectivity index (χ1) is 9.06. The van der Waals surface area contributed by atoms with Gasteiger partial charge in [0.2, 0.25) is 0 Å². The monoisotopic (exact) mass is 262 g/mol. The molecule has 0 atom stereocenters. The zero-order valence-corrected chi connectivity index (χ0v) is 12.0. The van der Waals surface area contributed by atoms with Crippen molar-refractivity contribution in [3.05, 3.63) is 30.4 Å². The van der Waals surface area contributed by atoms with Gasteiger partial charge in [0.15, 0.2) is 0 Å². The van der Waals surface area contributed by atoms with Crippen molar-refractivity contribution in [1.82, 2.24) is 29.6 Å². The highest BCUT2D eigenvalue weighted by atomic mass is 15.4. The molecular weight excluding hydrogens is 240 g/mol. The van der Waals surface area contributed by atoms with Crippen LogP contribution in [0.1, 0.15) is 45.3 Å². The third kappa shape index (κ3) is 3.64. The molecule has 0 saturated heterocycles. The van der Waals surface area contributed by atoms with E-state index in [-0.39, 0.29) is 0 Å². The van der Waals surface area contributed by atoms with Crippen LogP contribution >= 0.6 is 0 Å². The minimum Gasteiger partial charge on any atom is -0.330 e. The third-order valence-electron chi connectivity index (χ3n) is 2.84. The number of imidazole rings is 1. The molecule has 0 aliphatic rings. The van der Waals surface area contributed by atoms with Crippen molar-refractivity contribution in [3.63, 3.8) is 0 Å². The van der Waals surface area contributed by atoms with Gasteiger partial charge >= 0.3 is 0 Å². The lowest BCUT2D eigenvalue weighted by molar-refractivity contribution is 0.496. The van der Waals surface area contributed by atoms with Crippen LogP contribution in [0.4, 0.5) is 0 Å². The van der Waals surface area contributed by atoms with Crippen molar-refractivity contribution in [2.24, 2.45) is 0 Å². The number of hydrogen-bond acceptors (Lipinski definition) is 4. The van der Waals surface area contributed by atoms with Gasteiger partial charge in [-0.2, -0.15) is 5.10 Å². The molecule has 1 N–H and O–H groups in total. The molecule has 2 aromatic rings. The summed E-state index contributed by atoms with van der Waals surface area (Å²) < 4.78 is 3.98. The number of nitrogens with one attached hydrogen (secondary N) is 1. The van der Waals surface area contributed by atoms with Gasteiger partial charge in [-0.05, 0) is 13.8 Å². The molecule has 104 valence electrons. The molecule has 2 heterocycles. The summed E-state index contributed by atoms with van der Waals surface area (Å²) in [5, 5.41) is 7.59. The van der Waals surface area contributed by atoms with E-state index in [4.69, 9.17) is 0 Å². The highest BCUT2D eigenvalue weighted by Gasteiger charge is 2.08. The Hall–Kier alpha value is -1.69. The fourth-order valence-corrected chi connectivity index (χ4v) is 1.87. The molecule has 2 rings (SSSR count). The highest BCUT2D eigenvalue weighted by molar-refractivity contribution is 4.99. The smallest absolute Gasteiger partial charge is 0.147 e. The van der Waals surface area contributed by atoms with Crippen LogP contribution in [-0.2, 0) is 13.1 Å². The summed E-state index contributed by atoms with van der Waals surface area (Å²) in [4.78, 5) is 8.69. The van der Waals surface area contributed by atoms with Gasteiger partial charge in [0.05, 0.1) is 18.6 Å². The van der Waals surface area contributed by atoms with Gasteiger partial charge in [0.25, 0.3) is 0 Å². The molecular formula is C13H22N6. The SMILES string of the molecule is CC(C)NCc1cn(Cc2ncnn2C(C)C)cn1. The number of rotatable bonds is 6. The van der Waals surface area contributed by atoms with Gasteiger partial charge in [-0.1, -0.05) is 13.8 Å². The Morgan fingerprint density at radius 2 is 2.00 bits per heavy atom. The lowest BCUT2D eigenvalue weighted by Crippen LogP contribution is -2.21. The van der Waals surface area contributed by atoms with Crippen LogP contribution in [0.15, 0.2) is 18.9 Å². The number of nitrogens with zero attached hydrogens (tertiary/aromatic N) is 5. The van der Waals surface area contributed by atoms with Gasteiger partial charge in [0, 0.05) is 24.8 Å². The second-order valence-electron chi connectivity index (χ2n) is 5.29. The summed E-state index contributed by atoms with van der Waals surface area (Å²) in [7, 11) is 0. The summed E-state index contributed by atoms with van der Waals surface area (Å²) in [6.45, 7) is 9.95. The van der Waals surface area contributed by atoms with Crippen molar-refractivity contribution < 1.29 is 0 Å². The molecule has 6 nitrogen and oxygen atoms in total. The maximum absolute atomic E-state index is 4.39. The molecule has 0 aliphatic heterocycles. The highest BCUT2D eigenvalue weighted by Crippen LogP contribution is 2.07. The van der Waals surface area contributed by atoms with Gasteiger partial charge < -0.3 is 9.88 Å². The Labute approximate surface area is 113 Å². The second-order valence-corrected chi connectivity index (χ2v) is 5.29. The first-order valence-corrected chi connectivity index (χ1v) is 6.68. The molecule has 0 bridgehead atoms. The maximum atomic E-state index is 4.39. The average molecular weight is 262 g/mol. The van der Waals surface area contributed by atoms with Crippen LogP contribution in [-0.4, -0.2) is 30.4 Å². The molecule has 0 aliphatic carbocycles. The van der Waals surface area contributed by atoms with Gasteiger partial charge in [-0.15, -0.1) is 0 Å². The fourth-order valence-electron chi connectivity index (χ4n) is 1.87. The van der Waals surface area contributed by atoms with Crippen LogP contribution in [0.25, 0.3) is 0 Å². The van der Waals surface area contributed by atoms with E-state index in [1.165, 1.54) is 0 Å². The molecule has 0 radical (unpaired) electrons. The summed E-state index contributed by atoms with van der Waals surface area (Å²) in [6, 6.07) is 0.789. The predicted molar refractivity (Wildman–Crippen MR) is 73.7 cm³/mol. The van der Waals surface area contributed by atoms with Crippen LogP contribution < -0.4 is 5.32 Å². The van der Waals surface area contributed by atoms with Crippen LogP contribution in [0.3, 0.4) is 0 Å². The number of aromatic nitrogens is 5. The van der Waals surface area contributed by atoms with E-state index < -0.39 is 0 Å². The van der Waals surface area contributed by atoms with Gasteiger partial charge in [-0.3, -0.25) is 0 Å². The Morgan fingerprint density at radius 1 is 1.21 bits per heavy atom. The lowest BCUT2D eigenvalue weighted by Gasteiger charge is -2.09. The Morgan fingerprint density at radius 3 is 2.68 bits per heavy atom. The van der Waals surface area contributed by atoms with Crippen molar-refractivity contribution in [3.8, 4) is 0 Å². The molecule has 0 spiro atoms. The first-order valence-electron chi connectivity index (χ1n) is 6.68. The molecule has 6 heteroatoms. The summed E-state index contributed by atoms with van der Waals surface area (Å²) in [5.41, 5.74) is 1.05. The van der Waals surface area contributed by atoms with E-state index in [1.54, 1.807) is 6.33 Å². The second kappa shape index (κ2) is 5.97. The normalized spacial score (nSPS) is 11.7. The Balaban J connectivity index is 2.01. The topological polar surface area (TPSA) is 60.6 Å². The van der Waals surface area contributed by atoms with Crippen LogP contribution in [0.2, 0.25) is 0 Å². The van der Waals surface area contributed by atoms with E-state index in [2.05, 4.69) is 54.3 Å². The summed E-state index contributed by atoms with van der Waals surface area (Å²) in [5.74, 6) is 0.954. The van der Waals surface area contributed by atoms with E-state index in [1.807, 2.05) is 15.6 Å². The van der Waals surface area contributed by atoms with E-state index in [0.29, 0.717) is 18.6 Å². The van der Waals surface area contributed by atoms with Crippen LogP contribution in [0.5, 0.6) is 0 Å². The average Bonchev–Trinajstić information content (AvgIpc) is 2.96. The number of hydrogen-bond donors (Lipinski definition) is 1. The van der Waals surface area contributed by atoms with Crippen molar-refractivity contribution >= 4 is 0 Å². The molecule has 0 saturated carbocycles. The van der Waals surface area contributed by atoms with Gasteiger partial charge in [0.1, 0.15) is 12.2 Å². The Bertz CT molecular complexity index is 511. The predicted octanol–water partition coefficient (Wildman–Crippen LogP) is 1.60. The summed E-state index contributed by atoms with van der Waals surface area (Å²) in [6.07, 6.45) is 5.50. The maximum Gasteiger partial charge on any atom is 0.147 e. The zero-order chi connectivity index (χ0) is 13.8. The van der Waals surface area contributed by atoms with Crippen LogP contribution in [0, 0.1) is 0 Å². The van der Waals surface area contributed by atoms with Crippen molar-refractivity contribution in [2.45, 2.75) is 52.9 Å².